The Balaban J connectivity index is 1.87. The molecule has 39 heavy (non-hydrogen) atoms. The minimum atomic E-state index is -1.72. The lowest BCUT2D eigenvalue weighted by Crippen LogP contribution is -2.70. The summed E-state index contributed by atoms with van der Waals surface area (Å²) in [6.07, 6.45) is -18.1. The van der Waals surface area contributed by atoms with Crippen molar-refractivity contribution < 1.29 is 74.4 Å². The molecular formula is C21H39N3O15. The second kappa shape index (κ2) is 13.7. The molecule has 228 valence electrons. The van der Waals surface area contributed by atoms with Crippen molar-refractivity contribution in [3.8, 4) is 0 Å². The lowest BCUT2D eigenvalue weighted by molar-refractivity contribution is -0.350. The van der Waals surface area contributed by atoms with Gasteiger partial charge < -0.3 is 81.1 Å². The predicted molar refractivity (Wildman–Crippen MR) is 123 cm³/mol. The number of carboxylic acids is 1. The third kappa shape index (κ3) is 6.84. The van der Waals surface area contributed by atoms with E-state index in [0.717, 1.165) is 0 Å². The number of hydrogen-bond donors (Lipinski definition) is 12. The van der Waals surface area contributed by atoms with Crippen LogP contribution >= 0.6 is 0 Å². The van der Waals surface area contributed by atoms with Gasteiger partial charge in [-0.2, -0.15) is 0 Å². The molecule has 0 aromatic heterocycles. The van der Waals surface area contributed by atoms with Crippen molar-refractivity contribution in [2.45, 2.75) is 105 Å². The number of rotatable bonds is 10. The van der Waals surface area contributed by atoms with E-state index >= 15 is 0 Å². The SMILES string of the molecule is CC(N[C@H]1[C@H](OC2[C@@H](CO)O[C@@H](O)[C@H](N)[C@H]2O)O[C@H](CO)C(O[C@@H]2O[C@H](CO)[C@@H](O)[C@H](O)[C@H]2N)[C@@H]1O)C(=O)O. The van der Waals surface area contributed by atoms with Gasteiger partial charge in [0.15, 0.2) is 18.9 Å². The van der Waals surface area contributed by atoms with E-state index in [1.807, 2.05) is 0 Å². The van der Waals surface area contributed by atoms with Crippen molar-refractivity contribution in [2.75, 3.05) is 19.8 Å². The van der Waals surface area contributed by atoms with Gasteiger partial charge in [0.25, 0.3) is 0 Å². The van der Waals surface area contributed by atoms with Crippen molar-refractivity contribution >= 4 is 5.97 Å². The summed E-state index contributed by atoms with van der Waals surface area (Å²) in [7, 11) is 0. The zero-order chi connectivity index (χ0) is 29.2. The fraction of sp³-hybridized carbons (Fsp3) is 0.952. The Kier molecular flexibility index (Phi) is 11.3. The van der Waals surface area contributed by atoms with Crippen molar-refractivity contribution in [3.05, 3.63) is 0 Å². The first kappa shape index (κ1) is 32.3. The first-order valence-electron chi connectivity index (χ1n) is 12.4. The van der Waals surface area contributed by atoms with E-state index in [2.05, 4.69) is 5.32 Å². The summed E-state index contributed by atoms with van der Waals surface area (Å²) in [5.41, 5.74) is 11.7. The van der Waals surface area contributed by atoms with Crippen LogP contribution in [0.15, 0.2) is 0 Å². The van der Waals surface area contributed by atoms with Gasteiger partial charge in [0, 0.05) is 0 Å². The van der Waals surface area contributed by atoms with Gasteiger partial charge in [-0.15, -0.1) is 0 Å². The summed E-state index contributed by atoms with van der Waals surface area (Å²) in [6, 6.07) is -5.44. The van der Waals surface area contributed by atoms with Crippen LogP contribution in [0, 0.1) is 0 Å². The van der Waals surface area contributed by atoms with E-state index in [9.17, 15) is 50.8 Å². The number of aliphatic hydroxyl groups excluding tert-OH is 8. The summed E-state index contributed by atoms with van der Waals surface area (Å²) >= 11 is 0. The summed E-state index contributed by atoms with van der Waals surface area (Å²) < 4.78 is 27.9. The Bertz CT molecular complexity index is 796. The highest BCUT2D eigenvalue weighted by Crippen LogP contribution is 2.32. The third-order valence-electron chi connectivity index (χ3n) is 7.10. The van der Waals surface area contributed by atoms with Crippen LogP contribution in [0.1, 0.15) is 6.92 Å². The second-order valence-corrected chi connectivity index (χ2v) is 9.77. The Morgan fingerprint density at radius 2 is 1.28 bits per heavy atom. The van der Waals surface area contributed by atoms with Crippen molar-refractivity contribution in [3.63, 3.8) is 0 Å². The van der Waals surface area contributed by atoms with Crippen LogP contribution in [0.25, 0.3) is 0 Å². The number of aliphatic carboxylic acids is 1. The van der Waals surface area contributed by atoms with Gasteiger partial charge in [0.05, 0.1) is 37.9 Å². The molecule has 3 heterocycles. The van der Waals surface area contributed by atoms with Gasteiger partial charge in [-0.05, 0) is 6.92 Å². The molecule has 3 rings (SSSR count). The molecule has 0 aromatic carbocycles. The molecule has 0 bridgehead atoms. The molecule has 16 atom stereocenters. The molecule has 3 aliphatic rings. The number of carboxylic acid groups (broad SMARTS) is 1. The van der Waals surface area contributed by atoms with Crippen LogP contribution < -0.4 is 16.8 Å². The molecule has 3 unspecified atom stereocenters. The summed E-state index contributed by atoms with van der Waals surface area (Å²) in [5.74, 6) is -1.32. The fourth-order valence-electron chi connectivity index (χ4n) is 4.69. The molecule has 18 heteroatoms. The van der Waals surface area contributed by atoms with Crippen molar-refractivity contribution in [1.82, 2.24) is 5.32 Å². The maximum absolute atomic E-state index is 11.6. The first-order chi connectivity index (χ1) is 18.4. The minimum absolute atomic E-state index is 0.706. The molecule has 0 saturated carbocycles. The van der Waals surface area contributed by atoms with Crippen LogP contribution in [-0.4, -0.2) is 170 Å². The number of carbonyl (C=O) groups is 1. The number of nitrogens with one attached hydrogen (secondary N) is 1. The molecule has 14 N–H and O–H groups in total. The number of hydrogen-bond acceptors (Lipinski definition) is 17. The average molecular weight is 574 g/mol. The van der Waals surface area contributed by atoms with Crippen molar-refractivity contribution in [2.24, 2.45) is 11.5 Å². The number of ether oxygens (including phenoxy) is 5. The fourth-order valence-corrected chi connectivity index (χ4v) is 4.69. The molecule has 0 aliphatic carbocycles. The first-order valence-corrected chi connectivity index (χ1v) is 12.4. The number of nitrogens with two attached hydrogens (primary N) is 2. The van der Waals surface area contributed by atoms with Crippen LogP contribution in [0.5, 0.6) is 0 Å². The predicted octanol–water partition coefficient (Wildman–Crippen LogP) is -7.57. The second-order valence-electron chi connectivity index (χ2n) is 9.77. The molecule has 0 radical (unpaired) electrons. The quantitative estimate of drug-likeness (QED) is 0.115. The molecular weight excluding hydrogens is 534 g/mol. The van der Waals surface area contributed by atoms with Gasteiger partial charge in [0.2, 0.25) is 0 Å². The normalized spacial score (nSPS) is 48.0. The maximum Gasteiger partial charge on any atom is 0.320 e. The lowest BCUT2D eigenvalue weighted by atomic mass is 9.93. The lowest BCUT2D eigenvalue weighted by Gasteiger charge is -2.49. The molecule has 3 aliphatic heterocycles. The molecule has 0 amide bonds. The zero-order valence-corrected chi connectivity index (χ0v) is 21.0. The molecule has 18 nitrogen and oxygen atoms in total. The highest BCUT2D eigenvalue weighted by Gasteiger charge is 2.53. The molecule has 0 spiro atoms. The van der Waals surface area contributed by atoms with E-state index in [1.165, 1.54) is 6.92 Å². The summed E-state index contributed by atoms with van der Waals surface area (Å²) in [6.45, 7) is -0.963. The third-order valence-corrected chi connectivity index (χ3v) is 7.10. The van der Waals surface area contributed by atoms with Gasteiger partial charge in [0.1, 0.15) is 61.0 Å². The Labute approximate surface area is 222 Å². The Morgan fingerprint density at radius 3 is 1.85 bits per heavy atom. The van der Waals surface area contributed by atoms with Crippen LogP contribution in [0.3, 0.4) is 0 Å². The van der Waals surface area contributed by atoms with Gasteiger partial charge in [-0.25, -0.2) is 0 Å². The van der Waals surface area contributed by atoms with E-state index in [-0.39, 0.29) is 0 Å². The van der Waals surface area contributed by atoms with Gasteiger partial charge >= 0.3 is 5.97 Å². The largest absolute Gasteiger partial charge is 0.480 e. The van der Waals surface area contributed by atoms with Crippen molar-refractivity contribution in [1.29, 1.82) is 0 Å². The Morgan fingerprint density at radius 1 is 0.769 bits per heavy atom. The zero-order valence-electron chi connectivity index (χ0n) is 21.0. The highest BCUT2D eigenvalue weighted by atomic mass is 16.7. The minimum Gasteiger partial charge on any atom is -0.480 e. The van der Waals surface area contributed by atoms with Crippen LogP contribution in [0.2, 0.25) is 0 Å². The molecule has 0 aromatic rings. The summed E-state index contributed by atoms with van der Waals surface area (Å²) in [4.78, 5) is 11.6. The van der Waals surface area contributed by atoms with Gasteiger partial charge in [-0.3, -0.25) is 10.1 Å². The van der Waals surface area contributed by atoms with E-state index < -0.39 is 124 Å². The van der Waals surface area contributed by atoms with E-state index in [0.29, 0.717) is 0 Å². The monoisotopic (exact) mass is 573 g/mol. The topological polar surface area (TPSA) is 309 Å². The maximum atomic E-state index is 11.6. The smallest absolute Gasteiger partial charge is 0.320 e. The molecule has 3 fully saturated rings. The standard InChI is InChI=1S/C21H39N3O15/c1-5(18(32)33)24-11-15(31)17(38-20-10(23)13(29)12(28)6(2-25)36-20)8(4-27)37-21(11)39-16-7(3-26)35-19(34)9(22)14(16)30/h5-17,19-21,24-31,34H,2-4,22-23H2,1H3,(H,32,33)/t5?,6-,7-,8-,9-,10-,11-,12-,13-,14-,15-,16?,17?,19-,20+,21+/m1/s1. The number of aliphatic hydroxyl groups is 8. The van der Waals surface area contributed by atoms with E-state index in [4.69, 9.17) is 35.2 Å². The van der Waals surface area contributed by atoms with Crippen LogP contribution in [0.4, 0.5) is 0 Å². The van der Waals surface area contributed by atoms with Crippen LogP contribution in [-0.2, 0) is 28.5 Å². The Hall–Kier alpha value is -1.17. The average Bonchev–Trinajstić information content (AvgIpc) is 2.91. The van der Waals surface area contributed by atoms with E-state index in [1.54, 1.807) is 0 Å². The summed E-state index contributed by atoms with van der Waals surface area (Å²) in [5, 5.41) is 93.2. The van der Waals surface area contributed by atoms with Gasteiger partial charge in [-0.1, -0.05) is 0 Å². The highest BCUT2D eigenvalue weighted by molar-refractivity contribution is 5.72. The molecule has 3 saturated heterocycles.